The van der Waals surface area contributed by atoms with Crippen molar-refractivity contribution in [3.05, 3.63) is 11.1 Å². The fourth-order valence-electron chi connectivity index (χ4n) is 1.79. The molecule has 0 bridgehead atoms. The van der Waals surface area contributed by atoms with Gasteiger partial charge >= 0.3 is 0 Å². The summed E-state index contributed by atoms with van der Waals surface area (Å²) >= 11 is 1.66. The molecule has 0 spiro atoms. The van der Waals surface area contributed by atoms with Crippen molar-refractivity contribution < 1.29 is 4.79 Å². The van der Waals surface area contributed by atoms with Crippen LogP contribution in [0.4, 0.5) is 0 Å². The lowest BCUT2D eigenvalue weighted by Crippen LogP contribution is -2.14. The summed E-state index contributed by atoms with van der Waals surface area (Å²) in [4.78, 5) is 15.7. The van der Waals surface area contributed by atoms with Crippen LogP contribution in [-0.2, 0) is 4.79 Å². The van der Waals surface area contributed by atoms with Gasteiger partial charge in [0.2, 0.25) is 5.91 Å². The number of hydrogen-bond acceptors (Lipinski definition) is 3. The van der Waals surface area contributed by atoms with Crippen LogP contribution in [0.3, 0.4) is 0 Å². The maximum Gasteiger partial charge on any atom is 0.225 e. The van der Waals surface area contributed by atoms with Crippen LogP contribution in [0.2, 0.25) is 0 Å². The number of thioether (sulfide) groups is 1. The third-order valence-corrected chi connectivity index (χ3v) is 3.71. The number of amides is 1. The van der Waals surface area contributed by atoms with Crippen molar-refractivity contribution in [2.24, 2.45) is 10.4 Å². The van der Waals surface area contributed by atoms with Crippen LogP contribution in [-0.4, -0.2) is 17.5 Å². The molecule has 82 valence electrons. The van der Waals surface area contributed by atoms with E-state index in [1.165, 1.54) is 11.5 Å². The molecule has 15 heavy (non-hydrogen) atoms. The molecule has 0 unspecified atom stereocenters. The first-order valence-electron chi connectivity index (χ1n) is 5.28. The molecule has 1 saturated heterocycles. The van der Waals surface area contributed by atoms with E-state index in [4.69, 9.17) is 0 Å². The van der Waals surface area contributed by atoms with Gasteiger partial charge in [-0.15, -0.1) is 0 Å². The van der Waals surface area contributed by atoms with Gasteiger partial charge in [-0.2, -0.15) is 0 Å². The zero-order valence-electron chi connectivity index (χ0n) is 9.17. The van der Waals surface area contributed by atoms with E-state index in [2.05, 4.69) is 29.6 Å². The van der Waals surface area contributed by atoms with Crippen molar-refractivity contribution in [2.45, 2.75) is 33.1 Å². The van der Waals surface area contributed by atoms with Crippen LogP contribution >= 0.6 is 11.8 Å². The number of rotatable bonds is 1. The normalized spacial score (nSPS) is 26.9. The molecule has 0 aromatic heterocycles. The largest absolute Gasteiger partial charge is 0.329 e. The second-order valence-corrected chi connectivity index (χ2v) is 5.58. The van der Waals surface area contributed by atoms with E-state index in [1.54, 1.807) is 11.8 Å². The Morgan fingerprint density at radius 1 is 1.53 bits per heavy atom. The molecule has 0 aromatic rings. The molecule has 2 aliphatic heterocycles. The molecule has 0 radical (unpaired) electrons. The lowest BCUT2D eigenvalue weighted by molar-refractivity contribution is -0.119. The first-order chi connectivity index (χ1) is 7.08. The Morgan fingerprint density at radius 3 is 2.87 bits per heavy atom. The number of nitrogens with one attached hydrogen (secondary N) is 1. The van der Waals surface area contributed by atoms with E-state index in [0.717, 1.165) is 18.7 Å². The van der Waals surface area contributed by atoms with Gasteiger partial charge in [-0.3, -0.25) is 9.79 Å². The number of carbonyl (C=O) groups excluding carboxylic acids is 1. The van der Waals surface area contributed by atoms with Gasteiger partial charge in [0, 0.05) is 24.1 Å². The zero-order valence-corrected chi connectivity index (χ0v) is 9.99. The molecule has 3 nitrogen and oxygen atoms in total. The van der Waals surface area contributed by atoms with Crippen LogP contribution in [0.15, 0.2) is 16.1 Å². The van der Waals surface area contributed by atoms with Gasteiger partial charge in [0.1, 0.15) is 0 Å². The predicted molar refractivity (Wildman–Crippen MR) is 63.8 cm³/mol. The minimum atomic E-state index is -0.0384. The van der Waals surface area contributed by atoms with Gasteiger partial charge < -0.3 is 5.32 Å². The monoisotopic (exact) mass is 224 g/mol. The third kappa shape index (κ3) is 2.43. The van der Waals surface area contributed by atoms with Gasteiger partial charge in [-0.1, -0.05) is 25.6 Å². The zero-order chi connectivity index (χ0) is 10.9. The molecule has 0 atom stereocenters. The van der Waals surface area contributed by atoms with Crippen LogP contribution in [0.5, 0.6) is 0 Å². The highest BCUT2D eigenvalue weighted by atomic mass is 32.2. The third-order valence-electron chi connectivity index (χ3n) is 2.76. The quantitative estimate of drug-likeness (QED) is 0.742. The SMILES string of the molecule is CC1(C)CC(=O)N/C1=C/SC1=NCCC1. The summed E-state index contributed by atoms with van der Waals surface area (Å²) in [5.74, 6) is 0.125. The van der Waals surface area contributed by atoms with Crippen molar-refractivity contribution in [1.29, 1.82) is 0 Å². The summed E-state index contributed by atoms with van der Waals surface area (Å²) in [6, 6.07) is 0. The second-order valence-electron chi connectivity index (χ2n) is 4.64. The van der Waals surface area contributed by atoms with Crippen molar-refractivity contribution in [2.75, 3.05) is 6.54 Å². The van der Waals surface area contributed by atoms with Crippen molar-refractivity contribution >= 4 is 22.7 Å². The maximum atomic E-state index is 11.3. The van der Waals surface area contributed by atoms with E-state index in [1.807, 2.05) is 0 Å². The van der Waals surface area contributed by atoms with E-state index in [9.17, 15) is 4.79 Å². The lowest BCUT2D eigenvalue weighted by atomic mass is 9.90. The van der Waals surface area contributed by atoms with Crippen LogP contribution in [0, 0.1) is 5.41 Å². The Bertz CT molecular complexity index is 344. The average Bonchev–Trinajstić information content (AvgIpc) is 2.70. The van der Waals surface area contributed by atoms with Gasteiger partial charge in [-0.05, 0) is 18.2 Å². The molecule has 0 aliphatic carbocycles. The Labute approximate surface area is 94.4 Å². The van der Waals surface area contributed by atoms with Crippen molar-refractivity contribution in [3.63, 3.8) is 0 Å². The number of hydrogen-bond donors (Lipinski definition) is 1. The van der Waals surface area contributed by atoms with Crippen LogP contribution < -0.4 is 5.32 Å². The van der Waals surface area contributed by atoms with Crippen molar-refractivity contribution in [3.8, 4) is 0 Å². The van der Waals surface area contributed by atoms with E-state index in [0.29, 0.717) is 6.42 Å². The highest BCUT2D eigenvalue weighted by Gasteiger charge is 2.34. The molecule has 2 aliphatic rings. The molecule has 1 fully saturated rings. The first-order valence-corrected chi connectivity index (χ1v) is 6.16. The number of carbonyl (C=O) groups is 1. The smallest absolute Gasteiger partial charge is 0.225 e. The number of nitrogens with zero attached hydrogens (tertiary/aromatic N) is 1. The van der Waals surface area contributed by atoms with Gasteiger partial charge in [0.25, 0.3) is 0 Å². The fourth-order valence-corrected chi connectivity index (χ4v) is 2.85. The summed E-state index contributed by atoms with van der Waals surface area (Å²) in [5, 5.41) is 6.16. The topological polar surface area (TPSA) is 41.5 Å². The average molecular weight is 224 g/mol. The Balaban J connectivity index is 2.03. The molecular weight excluding hydrogens is 208 g/mol. The van der Waals surface area contributed by atoms with Gasteiger partial charge in [0.15, 0.2) is 0 Å². The van der Waals surface area contributed by atoms with Gasteiger partial charge in [-0.25, -0.2) is 0 Å². The minimum absolute atomic E-state index is 0.0384. The number of allylic oxidation sites excluding steroid dienone is 1. The van der Waals surface area contributed by atoms with Crippen LogP contribution in [0.25, 0.3) is 0 Å². The molecule has 4 heteroatoms. The summed E-state index contributed by atoms with van der Waals surface area (Å²) < 4.78 is 0. The highest BCUT2D eigenvalue weighted by Crippen LogP contribution is 2.35. The van der Waals surface area contributed by atoms with Crippen molar-refractivity contribution in [1.82, 2.24) is 5.32 Å². The number of aliphatic imine (C=N–C) groups is 1. The first kappa shape index (κ1) is 10.7. The lowest BCUT2D eigenvalue weighted by Gasteiger charge is -2.16. The maximum absolute atomic E-state index is 11.3. The molecule has 0 aromatic carbocycles. The molecule has 1 amide bonds. The Hall–Kier alpha value is -0.770. The van der Waals surface area contributed by atoms with E-state index in [-0.39, 0.29) is 11.3 Å². The summed E-state index contributed by atoms with van der Waals surface area (Å²) in [5.41, 5.74) is 0.996. The molecular formula is C11H16N2OS. The fraction of sp³-hybridized carbons (Fsp3) is 0.636. The Morgan fingerprint density at radius 2 is 2.33 bits per heavy atom. The highest BCUT2D eigenvalue weighted by molar-refractivity contribution is 8.16. The minimum Gasteiger partial charge on any atom is -0.329 e. The summed E-state index contributed by atoms with van der Waals surface area (Å²) in [6.45, 7) is 5.14. The molecule has 1 N–H and O–H groups in total. The second kappa shape index (κ2) is 4.00. The standard InChI is InChI=1S/C11H16N2OS/c1-11(2)6-9(14)13-8(11)7-15-10-4-3-5-12-10/h7H,3-6H2,1-2H3,(H,13,14)/b8-7+. The summed E-state index contributed by atoms with van der Waals surface area (Å²) in [7, 11) is 0. The molecule has 0 saturated carbocycles. The van der Waals surface area contributed by atoms with Gasteiger partial charge in [0.05, 0.1) is 5.04 Å². The molecule has 2 heterocycles. The predicted octanol–water partition coefficient (Wildman–Crippen LogP) is 2.30. The van der Waals surface area contributed by atoms with Crippen LogP contribution in [0.1, 0.15) is 33.1 Å². The Kier molecular flexibility index (Phi) is 2.87. The van der Waals surface area contributed by atoms with E-state index >= 15 is 0 Å². The summed E-state index contributed by atoms with van der Waals surface area (Å²) in [6.07, 6.45) is 2.84. The molecule has 2 rings (SSSR count). The van der Waals surface area contributed by atoms with E-state index < -0.39 is 0 Å².